The third kappa shape index (κ3) is 3.22. The molecule has 8 heteroatoms. The van der Waals surface area contributed by atoms with Crippen LogP contribution in [0.5, 0.6) is 0 Å². The van der Waals surface area contributed by atoms with E-state index < -0.39 is 10.0 Å². The molecule has 0 aliphatic carbocycles. The number of sulfonamides is 1. The molecule has 0 aliphatic rings. The smallest absolute Gasteiger partial charge is 0.257 e. The molecule has 0 aliphatic heterocycles. The maximum atomic E-state index is 12.0. The van der Waals surface area contributed by atoms with E-state index in [1.54, 1.807) is 12.3 Å². The van der Waals surface area contributed by atoms with Crippen molar-refractivity contribution in [3.63, 3.8) is 0 Å². The fraction of sp³-hybridized carbons (Fsp3) is 0.364. The maximum absolute atomic E-state index is 12.0. The number of likely N-dealkylation sites (N-methyl/N-ethyl adjacent to an activating group) is 1. The van der Waals surface area contributed by atoms with Gasteiger partial charge in [-0.05, 0) is 32.3 Å². The van der Waals surface area contributed by atoms with E-state index >= 15 is 0 Å². The summed E-state index contributed by atoms with van der Waals surface area (Å²) in [6.45, 7) is 0.210. The van der Waals surface area contributed by atoms with Crippen molar-refractivity contribution >= 4 is 10.0 Å². The molecular weight excluding hydrogens is 268 g/mol. The van der Waals surface area contributed by atoms with Crippen molar-refractivity contribution in [2.75, 3.05) is 20.6 Å². The summed E-state index contributed by atoms with van der Waals surface area (Å²) in [4.78, 5) is 1.88. The molecular formula is C11H16N4O3S. The fourth-order valence-electron chi connectivity index (χ4n) is 1.68. The second kappa shape index (κ2) is 5.55. The summed E-state index contributed by atoms with van der Waals surface area (Å²) in [7, 11) is 0.145. The monoisotopic (exact) mass is 284 g/mol. The number of nitrogens with one attached hydrogen (secondary N) is 2. The lowest BCUT2D eigenvalue weighted by molar-refractivity contribution is 0.259. The lowest BCUT2D eigenvalue weighted by Crippen LogP contribution is -2.34. The third-order valence-corrected chi connectivity index (χ3v) is 4.08. The molecule has 2 heterocycles. The Hall–Kier alpha value is -1.64. The molecule has 0 saturated heterocycles. The van der Waals surface area contributed by atoms with Crippen LogP contribution in [-0.2, 0) is 10.0 Å². The van der Waals surface area contributed by atoms with Crippen LogP contribution in [0.3, 0.4) is 0 Å². The van der Waals surface area contributed by atoms with E-state index in [4.69, 9.17) is 4.42 Å². The van der Waals surface area contributed by atoms with Crippen LogP contribution in [0.15, 0.2) is 40.1 Å². The largest absolute Gasteiger partial charge is 0.468 e. The number of hydrogen-bond acceptors (Lipinski definition) is 5. The van der Waals surface area contributed by atoms with Gasteiger partial charge in [0.1, 0.15) is 5.76 Å². The van der Waals surface area contributed by atoms with Crippen molar-refractivity contribution in [1.82, 2.24) is 19.8 Å². The molecule has 0 radical (unpaired) electrons. The van der Waals surface area contributed by atoms with Gasteiger partial charge in [-0.25, -0.2) is 13.1 Å². The zero-order valence-corrected chi connectivity index (χ0v) is 11.5. The Morgan fingerprint density at radius 3 is 2.79 bits per heavy atom. The van der Waals surface area contributed by atoms with Gasteiger partial charge in [-0.2, -0.15) is 5.10 Å². The molecule has 2 aromatic rings. The number of furan rings is 1. The van der Waals surface area contributed by atoms with Crippen LogP contribution < -0.4 is 4.72 Å². The molecule has 7 nitrogen and oxygen atoms in total. The minimum absolute atomic E-state index is 0.0458. The van der Waals surface area contributed by atoms with Gasteiger partial charge in [0.15, 0.2) is 5.03 Å². The Morgan fingerprint density at radius 1 is 1.47 bits per heavy atom. The van der Waals surface area contributed by atoms with Gasteiger partial charge in [0, 0.05) is 6.54 Å². The van der Waals surface area contributed by atoms with E-state index in [9.17, 15) is 8.42 Å². The summed E-state index contributed by atoms with van der Waals surface area (Å²) < 4.78 is 31.8. The molecule has 2 aromatic heterocycles. The summed E-state index contributed by atoms with van der Waals surface area (Å²) in [5.74, 6) is 0.706. The van der Waals surface area contributed by atoms with E-state index in [1.807, 2.05) is 25.1 Å². The predicted octanol–water partition coefficient (Wildman–Crippen LogP) is 0.584. The zero-order chi connectivity index (χ0) is 13.9. The molecule has 0 saturated carbocycles. The zero-order valence-electron chi connectivity index (χ0n) is 10.7. The molecule has 1 atom stereocenters. The van der Waals surface area contributed by atoms with Crippen LogP contribution in [0.4, 0.5) is 0 Å². The molecule has 2 N–H and O–H groups in total. The average molecular weight is 284 g/mol. The summed E-state index contributed by atoms with van der Waals surface area (Å²) in [5, 5.41) is 6.10. The number of rotatable bonds is 6. The Kier molecular flexibility index (Phi) is 4.03. The van der Waals surface area contributed by atoms with Crippen molar-refractivity contribution < 1.29 is 12.8 Å². The van der Waals surface area contributed by atoms with E-state index in [-0.39, 0.29) is 17.6 Å². The van der Waals surface area contributed by atoms with Gasteiger partial charge in [-0.1, -0.05) is 0 Å². The number of H-pyrrole nitrogens is 1. The van der Waals surface area contributed by atoms with E-state index in [2.05, 4.69) is 14.9 Å². The van der Waals surface area contributed by atoms with Gasteiger partial charge in [0.2, 0.25) is 0 Å². The van der Waals surface area contributed by atoms with Crippen LogP contribution in [0.2, 0.25) is 0 Å². The molecule has 104 valence electrons. The molecule has 0 spiro atoms. The van der Waals surface area contributed by atoms with E-state index in [0.29, 0.717) is 5.76 Å². The molecule has 2 rings (SSSR count). The van der Waals surface area contributed by atoms with Crippen LogP contribution in [-0.4, -0.2) is 44.2 Å². The van der Waals surface area contributed by atoms with Gasteiger partial charge < -0.3 is 4.42 Å². The van der Waals surface area contributed by atoms with Crippen LogP contribution in [0, 0.1) is 0 Å². The number of aromatic nitrogens is 2. The quantitative estimate of drug-likeness (QED) is 0.810. The first kappa shape index (κ1) is 13.8. The Labute approximate surface area is 111 Å². The highest BCUT2D eigenvalue weighted by atomic mass is 32.2. The minimum Gasteiger partial charge on any atom is -0.468 e. The van der Waals surface area contributed by atoms with Gasteiger partial charge in [0.25, 0.3) is 10.0 Å². The lowest BCUT2D eigenvalue weighted by atomic mass is 10.2. The normalized spacial score (nSPS) is 13.8. The van der Waals surface area contributed by atoms with Crippen LogP contribution in [0.1, 0.15) is 11.8 Å². The summed E-state index contributed by atoms with van der Waals surface area (Å²) in [5.41, 5.74) is 0. The summed E-state index contributed by atoms with van der Waals surface area (Å²) in [6, 6.07) is 4.82. The van der Waals surface area contributed by atoms with Crippen molar-refractivity contribution in [3.8, 4) is 0 Å². The standard InChI is InChI=1S/C11H16N4O3S/c1-15(2)9(10-4-3-7-18-10)8-13-19(16,17)11-5-6-12-14-11/h3-7,9,13H,8H2,1-2H3,(H,12,14). The molecule has 0 bridgehead atoms. The summed E-state index contributed by atoms with van der Waals surface area (Å²) >= 11 is 0. The number of hydrogen-bond donors (Lipinski definition) is 2. The van der Waals surface area contributed by atoms with Crippen molar-refractivity contribution in [2.45, 2.75) is 11.1 Å². The summed E-state index contributed by atoms with van der Waals surface area (Å²) in [6.07, 6.45) is 2.96. The number of nitrogens with zero attached hydrogens (tertiary/aromatic N) is 2. The first-order valence-corrected chi connectivity index (χ1v) is 7.18. The van der Waals surface area contributed by atoms with E-state index in [0.717, 1.165) is 0 Å². The fourth-order valence-corrected chi connectivity index (χ4v) is 2.62. The third-order valence-electron chi connectivity index (χ3n) is 2.73. The predicted molar refractivity (Wildman–Crippen MR) is 68.9 cm³/mol. The molecule has 1 unspecified atom stereocenters. The maximum Gasteiger partial charge on any atom is 0.257 e. The first-order valence-electron chi connectivity index (χ1n) is 5.69. The molecule has 0 fully saturated rings. The van der Waals surface area contributed by atoms with Crippen molar-refractivity contribution in [3.05, 3.63) is 36.4 Å². The minimum atomic E-state index is -3.57. The van der Waals surface area contributed by atoms with Crippen molar-refractivity contribution in [1.29, 1.82) is 0 Å². The van der Waals surface area contributed by atoms with Crippen LogP contribution in [0.25, 0.3) is 0 Å². The second-order valence-corrected chi connectivity index (χ2v) is 6.00. The van der Waals surface area contributed by atoms with Gasteiger partial charge >= 0.3 is 0 Å². The lowest BCUT2D eigenvalue weighted by Gasteiger charge is -2.22. The Morgan fingerprint density at radius 2 is 2.26 bits per heavy atom. The highest BCUT2D eigenvalue weighted by molar-refractivity contribution is 7.89. The molecule has 0 amide bonds. The SMILES string of the molecule is CN(C)C(CNS(=O)(=O)c1ccn[nH]1)c1ccco1. The highest BCUT2D eigenvalue weighted by Crippen LogP contribution is 2.18. The first-order chi connectivity index (χ1) is 9.00. The van der Waals surface area contributed by atoms with Gasteiger partial charge in [0.05, 0.1) is 18.5 Å². The topological polar surface area (TPSA) is 91.2 Å². The van der Waals surface area contributed by atoms with E-state index in [1.165, 1.54) is 12.3 Å². The molecule has 0 aromatic carbocycles. The van der Waals surface area contributed by atoms with Gasteiger partial charge in [-0.3, -0.25) is 10.00 Å². The Balaban J connectivity index is 2.08. The van der Waals surface area contributed by atoms with Gasteiger partial charge in [-0.15, -0.1) is 0 Å². The second-order valence-electron chi connectivity index (χ2n) is 4.27. The molecule has 19 heavy (non-hydrogen) atoms. The number of aromatic amines is 1. The average Bonchev–Trinajstić information content (AvgIpc) is 3.02. The van der Waals surface area contributed by atoms with Crippen LogP contribution >= 0.6 is 0 Å². The van der Waals surface area contributed by atoms with Crippen molar-refractivity contribution in [2.24, 2.45) is 0 Å². The Bertz CT molecular complexity index is 590. The highest BCUT2D eigenvalue weighted by Gasteiger charge is 2.21.